The topological polar surface area (TPSA) is 32.5 Å². The predicted molar refractivity (Wildman–Crippen MR) is 67.1 cm³/mol. The summed E-state index contributed by atoms with van der Waals surface area (Å²) >= 11 is 0. The molecular weight excluding hydrogens is 198 g/mol. The summed E-state index contributed by atoms with van der Waals surface area (Å²) in [5, 5.41) is 0. The van der Waals surface area contributed by atoms with Crippen molar-refractivity contribution in [2.75, 3.05) is 33.2 Å². The SMILES string of the molecule is CN1CCN(Cc2cccc(CN)c2)CC1. The van der Waals surface area contributed by atoms with Crippen LogP contribution < -0.4 is 5.73 Å². The minimum Gasteiger partial charge on any atom is -0.326 e. The summed E-state index contributed by atoms with van der Waals surface area (Å²) in [5.74, 6) is 0. The first-order valence-corrected chi connectivity index (χ1v) is 5.97. The van der Waals surface area contributed by atoms with E-state index in [1.807, 2.05) is 0 Å². The van der Waals surface area contributed by atoms with Crippen molar-refractivity contribution in [3.8, 4) is 0 Å². The predicted octanol–water partition coefficient (Wildman–Crippen LogP) is 0.893. The summed E-state index contributed by atoms with van der Waals surface area (Å²) in [7, 11) is 2.19. The van der Waals surface area contributed by atoms with Gasteiger partial charge in [0.2, 0.25) is 0 Å². The van der Waals surface area contributed by atoms with Crippen molar-refractivity contribution in [3.05, 3.63) is 35.4 Å². The number of nitrogens with zero attached hydrogens (tertiary/aromatic N) is 2. The van der Waals surface area contributed by atoms with E-state index in [9.17, 15) is 0 Å². The normalized spacial score (nSPS) is 18.9. The second-order valence-electron chi connectivity index (χ2n) is 4.60. The summed E-state index contributed by atoms with van der Waals surface area (Å²) in [6.45, 7) is 6.39. The molecule has 1 aliphatic heterocycles. The first kappa shape index (κ1) is 11.6. The molecule has 0 radical (unpaired) electrons. The van der Waals surface area contributed by atoms with Crippen LogP contribution >= 0.6 is 0 Å². The fourth-order valence-corrected chi connectivity index (χ4v) is 2.12. The summed E-state index contributed by atoms with van der Waals surface area (Å²) in [6, 6.07) is 8.61. The van der Waals surface area contributed by atoms with Gasteiger partial charge in [0.15, 0.2) is 0 Å². The van der Waals surface area contributed by atoms with Gasteiger partial charge >= 0.3 is 0 Å². The number of rotatable bonds is 3. The number of hydrogen-bond acceptors (Lipinski definition) is 3. The van der Waals surface area contributed by atoms with Gasteiger partial charge in [-0.2, -0.15) is 0 Å². The van der Waals surface area contributed by atoms with Gasteiger partial charge in [-0.3, -0.25) is 4.90 Å². The molecule has 0 unspecified atom stereocenters. The van der Waals surface area contributed by atoms with E-state index in [1.54, 1.807) is 0 Å². The van der Waals surface area contributed by atoms with E-state index in [-0.39, 0.29) is 0 Å². The highest BCUT2D eigenvalue weighted by Crippen LogP contribution is 2.09. The lowest BCUT2D eigenvalue weighted by molar-refractivity contribution is 0.148. The minimum atomic E-state index is 0.635. The minimum absolute atomic E-state index is 0.635. The monoisotopic (exact) mass is 219 g/mol. The molecule has 1 heterocycles. The molecule has 0 atom stereocenters. The van der Waals surface area contributed by atoms with Gasteiger partial charge in [0.25, 0.3) is 0 Å². The summed E-state index contributed by atoms with van der Waals surface area (Å²) in [6.07, 6.45) is 0. The van der Waals surface area contributed by atoms with E-state index < -0.39 is 0 Å². The Hall–Kier alpha value is -0.900. The molecule has 0 aliphatic carbocycles. The van der Waals surface area contributed by atoms with Gasteiger partial charge in [-0.05, 0) is 18.2 Å². The Balaban J connectivity index is 1.93. The molecule has 1 fully saturated rings. The molecule has 0 bridgehead atoms. The van der Waals surface area contributed by atoms with Crippen molar-refractivity contribution < 1.29 is 0 Å². The molecule has 0 amide bonds. The van der Waals surface area contributed by atoms with Gasteiger partial charge in [-0.1, -0.05) is 24.3 Å². The van der Waals surface area contributed by atoms with Gasteiger partial charge in [-0.15, -0.1) is 0 Å². The van der Waals surface area contributed by atoms with Gasteiger partial charge in [0, 0.05) is 39.3 Å². The van der Waals surface area contributed by atoms with Gasteiger partial charge < -0.3 is 10.6 Å². The van der Waals surface area contributed by atoms with E-state index in [0.29, 0.717) is 6.54 Å². The largest absolute Gasteiger partial charge is 0.326 e. The van der Waals surface area contributed by atoms with Crippen LogP contribution in [0.2, 0.25) is 0 Å². The lowest BCUT2D eigenvalue weighted by Crippen LogP contribution is -2.43. The third-order valence-electron chi connectivity index (χ3n) is 3.23. The lowest BCUT2D eigenvalue weighted by atomic mass is 10.1. The second-order valence-corrected chi connectivity index (χ2v) is 4.60. The molecule has 0 saturated carbocycles. The molecule has 0 aromatic heterocycles. The molecule has 0 spiro atoms. The molecule has 3 heteroatoms. The second kappa shape index (κ2) is 5.43. The standard InChI is InChI=1S/C13H21N3/c1-15-5-7-16(8-6-15)11-13-4-2-3-12(9-13)10-14/h2-4,9H,5-8,10-11,14H2,1H3. The van der Waals surface area contributed by atoms with E-state index in [2.05, 4.69) is 41.1 Å². The number of likely N-dealkylation sites (N-methyl/N-ethyl adjacent to an activating group) is 1. The molecular formula is C13H21N3. The molecule has 3 nitrogen and oxygen atoms in total. The zero-order valence-corrected chi connectivity index (χ0v) is 10.0. The van der Waals surface area contributed by atoms with Crippen LogP contribution in [0.15, 0.2) is 24.3 Å². The first-order valence-electron chi connectivity index (χ1n) is 5.97. The highest BCUT2D eigenvalue weighted by atomic mass is 15.2. The van der Waals surface area contributed by atoms with Crippen molar-refractivity contribution in [3.63, 3.8) is 0 Å². The number of nitrogens with two attached hydrogens (primary N) is 1. The van der Waals surface area contributed by atoms with Crippen molar-refractivity contribution >= 4 is 0 Å². The smallest absolute Gasteiger partial charge is 0.0234 e. The van der Waals surface area contributed by atoms with E-state index >= 15 is 0 Å². The third kappa shape index (κ3) is 3.04. The van der Waals surface area contributed by atoms with Crippen LogP contribution in [0, 0.1) is 0 Å². The Morgan fingerprint density at radius 2 is 1.81 bits per heavy atom. The van der Waals surface area contributed by atoms with Crippen LogP contribution in [-0.4, -0.2) is 43.0 Å². The summed E-state index contributed by atoms with van der Waals surface area (Å²) < 4.78 is 0. The molecule has 1 aromatic rings. The zero-order chi connectivity index (χ0) is 11.4. The Labute approximate surface area is 97.8 Å². The highest BCUT2D eigenvalue weighted by molar-refractivity contribution is 5.23. The fraction of sp³-hybridized carbons (Fsp3) is 0.538. The van der Waals surface area contributed by atoms with Gasteiger partial charge in [0.05, 0.1) is 0 Å². The highest BCUT2D eigenvalue weighted by Gasteiger charge is 2.13. The Morgan fingerprint density at radius 3 is 2.50 bits per heavy atom. The molecule has 16 heavy (non-hydrogen) atoms. The maximum absolute atomic E-state index is 5.65. The van der Waals surface area contributed by atoms with Crippen molar-refractivity contribution in [1.82, 2.24) is 9.80 Å². The van der Waals surface area contributed by atoms with Crippen molar-refractivity contribution in [2.24, 2.45) is 5.73 Å². The van der Waals surface area contributed by atoms with E-state index in [1.165, 1.54) is 37.3 Å². The van der Waals surface area contributed by atoms with Gasteiger partial charge in [0.1, 0.15) is 0 Å². The van der Waals surface area contributed by atoms with Crippen molar-refractivity contribution in [1.29, 1.82) is 0 Å². The van der Waals surface area contributed by atoms with Gasteiger partial charge in [-0.25, -0.2) is 0 Å². The zero-order valence-electron chi connectivity index (χ0n) is 10.0. The maximum atomic E-state index is 5.65. The quantitative estimate of drug-likeness (QED) is 0.819. The Kier molecular flexibility index (Phi) is 3.93. The first-order chi connectivity index (χ1) is 7.78. The average molecular weight is 219 g/mol. The maximum Gasteiger partial charge on any atom is 0.0234 e. The van der Waals surface area contributed by atoms with Crippen LogP contribution in [0.1, 0.15) is 11.1 Å². The summed E-state index contributed by atoms with van der Waals surface area (Å²) in [4.78, 5) is 4.89. The van der Waals surface area contributed by atoms with E-state index in [0.717, 1.165) is 6.54 Å². The van der Waals surface area contributed by atoms with Crippen LogP contribution in [-0.2, 0) is 13.1 Å². The van der Waals surface area contributed by atoms with Crippen molar-refractivity contribution in [2.45, 2.75) is 13.1 Å². The average Bonchev–Trinajstić information content (AvgIpc) is 2.32. The molecule has 2 N–H and O–H groups in total. The fourth-order valence-electron chi connectivity index (χ4n) is 2.12. The molecule has 88 valence electrons. The van der Waals surface area contributed by atoms with Crippen LogP contribution in [0.4, 0.5) is 0 Å². The molecule has 1 aliphatic rings. The van der Waals surface area contributed by atoms with E-state index in [4.69, 9.17) is 5.73 Å². The Bertz CT molecular complexity index is 330. The summed E-state index contributed by atoms with van der Waals surface area (Å²) in [5.41, 5.74) is 8.26. The van der Waals surface area contributed by atoms with Crippen LogP contribution in [0.3, 0.4) is 0 Å². The third-order valence-corrected chi connectivity index (χ3v) is 3.23. The number of piperazine rings is 1. The molecule has 1 saturated heterocycles. The number of benzene rings is 1. The van der Waals surface area contributed by atoms with Crippen LogP contribution in [0.5, 0.6) is 0 Å². The van der Waals surface area contributed by atoms with Crippen LogP contribution in [0.25, 0.3) is 0 Å². The lowest BCUT2D eigenvalue weighted by Gasteiger charge is -2.32. The Morgan fingerprint density at radius 1 is 1.12 bits per heavy atom. The molecule has 1 aromatic carbocycles. The number of hydrogen-bond donors (Lipinski definition) is 1. The molecule has 2 rings (SSSR count).